The number of aryl methyl sites for hydroxylation is 1. The number of hydrogen-bond donors (Lipinski definition) is 2. The summed E-state index contributed by atoms with van der Waals surface area (Å²) in [5.74, 6) is -0.299. The van der Waals surface area contributed by atoms with E-state index in [1.165, 1.54) is 6.92 Å². The van der Waals surface area contributed by atoms with Gasteiger partial charge in [-0.3, -0.25) is 9.59 Å². The van der Waals surface area contributed by atoms with Crippen LogP contribution >= 0.6 is 0 Å². The van der Waals surface area contributed by atoms with Gasteiger partial charge in [0.15, 0.2) is 0 Å². The van der Waals surface area contributed by atoms with Crippen LogP contribution in [0.2, 0.25) is 0 Å². The second-order valence-corrected chi connectivity index (χ2v) is 7.06. The van der Waals surface area contributed by atoms with Crippen LogP contribution in [0.25, 0.3) is 0 Å². The fraction of sp³-hybridized carbons (Fsp3) is 0.364. The van der Waals surface area contributed by atoms with Crippen molar-refractivity contribution < 1.29 is 14.3 Å². The van der Waals surface area contributed by atoms with Gasteiger partial charge in [0.2, 0.25) is 11.8 Å². The highest BCUT2D eigenvalue weighted by molar-refractivity contribution is 5.91. The van der Waals surface area contributed by atoms with E-state index in [2.05, 4.69) is 15.5 Å². The molecule has 3 rings (SSSR count). The summed E-state index contributed by atoms with van der Waals surface area (Å²) in [6, 6.07) is 15.3. The maximum Gasteiger partial charge on any atom is 0.226 e. The summed E-state index contributed by atoms with van der Waals surface area (Å²) >= 11 is 0. The van der Waals surface area contributed by atoms with Crippen molar-refractivity contribution in [2.75, 3.05) is 36.5 Å². The Labute approximate surface area is 165 Å². The third kappa shape index (κ3) is 5.57. The molecule has 148 valence electrons. The second-order valence-electron chi connectivity index (χ2n) is 7.06. The molecule has 1 aliphatic rings. The van der Waals surface area contributed by atoms with Crippen molar-refractivity contribution in [3.8, 4) is 0 Å². The molecule has 2 amide bonds. The minimum absolute atomic E-state index is 0.140. The summed E-state index contributed by atoms with van der Waals surface area (Å²) in [6.45, 7) is 6.69. The first-order valence-electron chi connectivity index (χ1n) is 9.57. The van der Waals surface area contributed by atoms with E-state index in [0.29, 0.717) is 0 Å². The van der Waals surface area contributed by atoms with Gasteiger partial charge in [-0.1, -0.05) is 29.8 Å². The van der Waals surface area contributed by atoms with Crippen LogP contribution in [-0.2, 0) is 14.3 Å². The zero-order valence-corrected chi connectivity index (χ0v) is 16.4. The van der Waals surface area contributed by atoms with Crippen LogP contribution in [0, 0.1) is 6.92 Å². The van der Waals surface area contributed by atoms with E-state index < -0.39 is 0 Å². The van der Waals surface area contributed by atoms with E-state index >= 15 is 0 Å². The number of carbonyl (C=O) groups excluding carboxylic acids is 2. The summed E-state index contributed by atoms with van der Waals surface area (Å²) in [5.41, 5.74) is 3.92. The molecular weight excluding hydrogens is 354 g/mol. The van der Waals surface area contributed by atoms with Gasteiger partial charge in [-0.05, 0) is 36.8 Å². The minimum Gasteiger partial charge on any atom is -0.378 e. The van der Waals surface area contributed by atoms with Crippen LogP contribution in [0.3, 0.4) is 0 Å². The fourth-order valence-electron chi connectivity index (χ4n) is 3.27. The third-order valence-electron chi connectivity index (χ3n) is 4.77. The molecule has 0 spiro atoms. The van der Waals surface area contributed by atoms with Gasteiger partial charge in [0.05, 0.1) is 25.7 Å². The molecule has 0 radical (unpaired) electrons. The van der Waals surface area contributed by atoms with E-state index in [-0.39, 0.29) is 24.3 Å². The molecule has 6 heteroatoms. The minimum atomic E-state index is -0.356. The summed E-state index contributed by atoms with van der Waals surface area (Å²) < 4.78 is 5.38. The number of benzene rings is 2. The first kappa shape index (κ1) is 19.9. The topological polar surface area (TPSA) is 70.7 Å². The molecular formula is C22H27N3O3. The van der Waals surface area contributed by atoms with E-state index in [1.807, 2.05) is 55.5 Å². The van der Waals surface area contributed by atoms with Crippen LogP contribution in [0.5, 0.6) is 0 Å². The summed E-state index contributed by atoms with van der Waals surface area (Å²) in [7, 11) is 0. The Morgan fingerprint density at radius 1 is 1.04 bits per heavy atom. The molecule has 1 atom stereocenters. The molecule has 1 aliphatic heterocycles. The van der Waals surface area contributed by atoms with Gasteiger partial charge in [-0.15, -0.1) is 0 Å². The first-order valence-corrected chi connectivity index (χ1v) is 9.57. The molecule has 0 bridgehead atoms. The van der Waals surface area contributed by atoms with Crippen molar-refractivity contribution in [2.24, 2.45) is 0 Å². The van der Waals surface area contributed by atoms with Gasteiger partial charge in [-0.25, -0.2) is 0 Å². The molecule has 0 aromatic heterocycles. The Morgan fingerprint density at radius 2 is 1.68 bits per heavy atom. The molecule has 2 aromatic rings. The maximum atomic E-state index is 12.5. The highest BCUT2D eigenvalue weighted by Crippen LogP contribution is 2.21. The monoisotopic (exact) mass is 381 g/mol. The predicted molar refractivity (Wildman–Crippen MR) is 110 cm³/mol. The Balaban J connectivity index is 1.62. The standard InChI is InChI=1S/C22H27N3O3/c1-16-3-5-18(6-4-16)21(23-17(2)26)15-22(27)24-19-7-9-20(10-8-19)25-11-13-28-14-12-25/h3-10,21H,11-15H2,1-2H3,(H,23,26)(H,24,27). The number of rotatable bonds is 6. The van der Waals surface area contributed by atoms with Gasteiger partial charge in [0, 0.05) is 31.4 Å². The predicted octanol–water partition coefficient (Wildman–Crippen LogP) is 3.04. The molecule has 2 N–H and O–H groups in total. The zero-order chi connectivity index (χ0) is 19.9. The largest absolute Gasteiger partial charge is 0.378 e. The highest BCUT2D eigenvalue weighted by atomic mass is 16.5. The lowest BCUT2D eigenvalue weighted by Crippen LogP contribution is -2.36. The molecule has 0 saturated carbocycles. The summed E-state index contributed by atoms with van der Waals surface area (Å²) in [6.07, 6.45) is 0.174. The third-order valence-corrected chi connectivity index (χ3v) is 4.77. The second kappa shape index (κ2) is 9.37. The average molecular weight is 381 g/mol. The maximum absolute atomic E-state index is 12.5. The highest BCUT2D eigenvalue weighted by Gasteiger charge is 2.17. The number of morpholine rings is 1. The van der Waals surface area contributed by atoms with Gasteiger partial charge < -0.3 is 20.3 Å². The van der Waals surface area contributed by atoms with Crippen LogP contribution in [0.15, 0.2) is 48.5 Å². The van der Waals surface area contributed by atoms with Crippen molar-refractivity contribution in [2.45, 2.75) is 26.3 Å². The van der Waals surface area contributed by atoms with Gasteiger partial charge in [0.25, 0.3) is 0 Å². The Kier molecular flexibility index (Phi) is 6.66. The Hall–Kier alpha value is -2.86. The fourth-order valence-corrected chi connectivity index (χ4v) is 3.27. The van der Waals surface area contributed by atoms with Crippen LogP contribution < -0.4 is 15.5 Å². The quantitative estimate of drug-likeness (QED) is 0.807. The molecule has 1 unspecified atom stereocenters. The summed E-state index contributed by atoms with van der Waals surface area (Å²) in [4.78, 5) is 26.4. The lowest BCUT2D eigenvalue weighted by atomic mass is 10.0. The number of hydrogen-bond acceptors (Lipinski definition) is 4. The number of amides is 2. The van der Waals surface area contributed by atoms with Gasteiger partial charge in [-0.2, -0.15) is 0 Å². The number of carbonyl (C=O) groups is 2. The zero-order valence-electron chi connectivity index (χ0n) is 16.4. The van der Waals surface area contributed by atoms with Crippen molar-refractivity contribution in [1.82, 2.24) is 5.32 Å². The number of nitrogens with one attached hydrogen (secondary N) is 2. The lowest BCUT2D eigenvalue weighted by molar-refractivity contribution is -0.120. The molecule has 1 saturated heterocycles. The Morgan fingerprint density at radius 3 is 2.29 bits per heavy atom. The Bertz CT molecular complexity index is 797. The summed E-state index contributed by atoms with van der Waals surface area (Å²) in [5, 5.41) is 5.79. The van der Waals surface area contributed by atoms with Gasteiger partial charge >= 0.3 is 0 Å². The van der Waals surface area contributed by atoms with Crippen LogP contribution in [-0.4, -0.2) is 38.1 Å². The average Bonchev–Trinajstić information content (AvgIpc) is 2.69. The van der Waals surface area contributed by atoms with E-state index in [4.69, 9.17) is 4.74 Å². The molecule has 6 nitrogen and oxygen atoms in total. The molecule has 2 aromatic carbocycles. The van der Waals surface area contributed by atoms with Crippen molar-refractivity contribution >= 4 is 23.2 Å². The van der Waals surface area contributed by atoms with Gasteiger partial charge in [0.1, 0.15) is 0 Å². The smallest absolute Gasteiger partial charge is 0.226 e. The van der Waals surface area contributed by atoms with Crippen LogP contribution in [0.4, 0.5) is 11.4 Å². The van der Waals surface area contributed by atoms with E-state index in [9.17, 15) is 9.59 Å². The lowest BCUT2D eigenvalue weighted by Gasteiger charge is -2.28. The first-order chi connectivity index (χ1) is 13.5. The number of nitrogens with zero attached hydrogens (tertiary/aromatic N) is 1. The van der Waals surface area contributed by atoms with Crippen molar-refractivity contribution in [1.29, 1.82) is 0 Å². The normalized spacial score (nSPS) is 15.0. The number of anilines is 2. The molecule has 28 heavy (non-hydrogen) atoms. The van der Waals surface area contributed by atoms with Crippen molar-refractivity contribution in [3.05, 3.63) is 59.7 Å². The molecule has 1 fully saturated rings. The van der Waals surface area contributed by atoms with Crippen molar-refractivity contribution in [3.63, 3.8) is 0 Å². The number of ether oxygens (including phenoxy) is 1. The van der Waals surface area contributed by atoms with E-state index in [1.54, 1.807) is 0 Å². The van der Waals surface area contributed by atoms with E-state index in [0.717, 1.165) is 48.8 Å². The molecule has 0 aliphatic carbocycles. The SMILES string of the molecule is CC(=O)NC(CC(=O)Nc1ccc(N2CCOCC2)cc1)c1ccc(C)cc1. The molecule has 1 heterocycles. The van der Waals surface area contributed by atoms with Crippen LogP contribution in [0.1, 0.15) is 30.5 Å².